The highest BCUT2D eigenvalue weighted by atomic mass is 35.5. The smallest absolute Gasteiger partial charge is 0.387 e. The van der Waals surface area contributed by atoms with E-state index in [0.717, 1.165) is 6.07 Å². The Morgan fingerprint density at radius 1 is 1.13 bits per heavy atom. The molecule has 1 heterocycles. The number of nitrogens with zero attached hydrogens (tertiary/aromatic N) is 2. The Morgan fingerprint density at radius 3 is 2.47 bits per heavy atom. The van der Waals surface area contributed by atoms with Gasteiger partial charge in [0, 0.05) is 12.6 Å². The lowest BCUT2D eigenvalue weighted by atomic mass is 10.1. The van der Waals surface area contributed by atoms with Gasteiger partial charge in [-0.1, -0.05) is 29.8 Å². The van der Waals surface area contributed by atoms with Crippen LogP contribution in [0.25, 0.3) is 0 Å². The Labute approximate surface area is 175 Å². The zero-order valence-corrected chi connectivity index (χ0v) is 16.6. The van der Waals surface area contributed by atoms with Crippen molar-refractivity contribution in [1.82, 2.24) is 21.4 Å². The molecule has 0 unspecified atom stereocenters. The van der Waals surface area contributed by atoms with E-state index in [1.165, 1.54) is 11.1 Å². The van der Waals surface area contributed by atoms with Gasteiger partial charge in [0.2, 0.25) is 5.96 Å². The predicted octanol–water partition coefficient (Wildman–Crippen LogP) is 2.46. The lowest BCUT2D eigenvalue weighted by molar-refractivity contribution is -0.0493. The van der Waals surface area contributed by atoms with Gasteiger partial charge in [-0.25, -0.2) is 5.53 Å². The molecular weight excluding hydrogens is 422 g/mol. The Morgan fingerprint density at radius 2 is 1.83 bits per heavy atom. The molecule has 0 aliphatic carbocycles. The van der Waals surface area contributed by atoms with Gasteiger partial charge in [-0.15, -0.1) is 10.6 Å². The number of carbonyl (C=O) groups is 2. The van der Waals surface area contributed by atoms with E-state index < -0.39 is 18.4 Å². The molecule has 158 valence electrons. The van der Waals surface area contributed by atoms with Crippen molar-refractivity contribution >= 4 is 35.1 Å². The standard InChI is InChI=1S/C18H17ClF2N6O3/c1-9-5-3-4-6-10(9)15(28)22-14-12(30-17(20)21)8-7-11(13(14)19)16(29)23-18-24-25-26-27(18)2/h3-8,17,25-26H,1-2H3,(H,22,28)(H,23,24,29). The molecule has 2 amide bonds. The van der Waals surface area contributed by atoms with Crippen LogP contribution in [-0.4, -0.2) is 36.4 Å². The minimum absolute atomic E-state index is 0.0821. The van der Waals surface area contributed by atoms with Crippen molar-refractivity contribution in [1.29, 1.82) is 0 Å². The van der Waals surface area contributed by atoms with E-state index in [9.17, 15) is 18.4 Å². The zero-order valence-electron chi connectivity index (χ0n) is 15.8. The molecule has 12 heteroatoms. The Hall–Kier alpha value is -3.44. The second-order valence-corrected chi connectivity index (χ2v) is 6.50. The van der Waals surface area contributed by atoms with Gasteiger partial charge in [-0.05, 0) is 30.7 Å². The SMILES string of the molecule is Cc1ccccc1C(=O)Nc1c(OC(F)F)ccc(C(=O)NC2=NNNN2C)c1Cl. The fourth-order valence-electron chi connectivity index (χ4n) is 2.61. The molecule has 0 bridgehead atoms. The first kappa shape index (κ1) is 21.3. The number of alkyl halides is 2. The van der Waals surface area contributed by atoms with Crippen LogP contribution >= 0.6 is 11.6 Å². The molecule has 9 nitrogen and oxygen atoms in total. The third-order valence-corrected chi connectivity index (χ3v) is 4.51. The van der Waals surface area contributed by atoms with Crippen molar-refractivity contribution in [2.24, 2.45) is 5.10 Å². The summed E-state index contributed by atoms with van der Waals surface area (Å²) in [6.07, 6.45) is 0. The monoisotopic (exact) mass is 438 g/mol. The third-order valence-electron chi connectivity index (χ3n) is 4.12. The van der Waals surface area contributed by atoms with Gasteiger partial charge in [-0.3, -0.25) is 19.9 Å². The highest BCUT2D eigenvalue weighted by Gasteiger charge is 2.24. The first-order chi connectivity index (χ1) is 14.3. The number of hydrazone groups is 1. The van der Waals surface area contributed by atoms with E-state index in [4.69, 9.17) is 11.6 Å². The minimum Gasteiger partial charge on any atom is -0.433 e. The number of amides is 2. The number of halogens is 3. The van der Waals surface area contributed by atoms with Gasteiger partial charge >= 0.3 is 6.61 Å². The number of hydrogen-bond acceptors (Lipinski definition) is 7. The van der Waals surface area contributed by atoms with Gasteiger partial charge in [0.15, 0.2) is 5.75 Å². The van der Waals surface area contributed by atoms with Gasteiger partial charge in [-0.2, -0.15) is 8.78 Å². The quantitative estimate of drug-likeness (QED) is 0.571. The van der Waals surface area contributed by atoms with Crippen LogP contribution in [0.4, 0.5) is 14.5 Å². The topological polar surface area (TPSA) is 107 Å². The fraction of sp³-hybridized carbons (Fsp3) is 0.167. The van der Waals surface area contributed by atoms with Crippen LogP contribution in [0.15, 0.2) is 41.5 Å². The van der Waals surface area contributed by atoms with Gasteiger partial charge < -0.3 is 10.1 Å². The molecular formula is C18H17ClF2N6O3. The number of hydrogen-bond donors (Lipinski definition) is 4. The third kappa shape index (κ3) is 4.58. The molecule has 0 fully saturated rings. The van der Waals surface area contributed by atoms with E-state index in [1.54, 1.807) is 38.2 Å². The molecule has 2 aromatic rings. The summed E-state index contributed by atoms with van der Waals surface area (Å²) in [6.45, 7) is -1.44. The van der Waals surface area contributed by atoms with E-state index in [0.29, 0.717) is 11.1 Å². The Kier molecular flexibility index (Phi) is 6.33. The van der Waals surface area contributed by atoms with E-state index in [1.807, 2.05) is 0 Å². The average molecular weight is 439 g/mol. The van der Waals surface area contributed by atoms with E-state index in [-0.39, 0.29) is 28.0 Å². The maximum Gasteiger partial charge on any atom is 0.387 e. The van der Waals surface area contributed by atoms with Crippen LogP contribution < -0.4 is 26.4 Å². The van der Waals surface area contributed by atoms with Crippen molar-refractivity contribution in [2.45, 2.75) is 13.5 Å². The first-order valence-corrected chi connectivity index (χ1v) is 8.93. The number of nitrogens with one attached hydrogen (secondary N) is 4. The first-order valence-electron chi connectivity index (χ1n) is 8.55. The summed E-state index contributed by atoms with van der Waals surface area (Å²) in [6, 6.07) is 9.02. The normalized spacial score (nSPS) is 13.0. The van der Waals surface area contributed by atoms with Crippen LogP contribution in [0.2, 0.25) is 5.02 Å². The molecule has 0 saturated carbocycles. The summed E-state index contributed by atoms with van der Waals surface area (Å²) in [5.74, 6) is -1.51. The van der Waals surface area contributed by atoms with Crippen molar-refractivity contribution in [3.63, 3.8) is 0 Å². The van der Waals surface area contributed by atoms with Crippen molar-refractivity contribution in [3.8, 4) is 5.75 Å². The molecule has 4 N–H and O–H groups in total. The number of benzene rings is 2. The zero-order chi connectivity index (χ0) is 21.8. The number of guanidine groups is 1. The predicted molar refractivity (Wildman–Crippen MR) is 106 cm³/mol. The number of hydrazine groups is 2. The molecule has 1 aliphatic heterocycles. The van der Waals surface area contributed by atoms with Gasteiger partial charge in [0.1, 0.15) is 5.69 Å². The van der Waals surface area contributed by atoms with Crippen LogP contribution in [-0.2, 0) is 0 Å². The fourth-order valence-corrected chi connectivity index (χ4v) is 2.90. The molecule has 1 aliphatic rings. The highest BCUT2D eigenvalue weighted by molar-refractivity contribution is 6.37. The lowest BCUT2D eigenvalue weighted by Crippen LogP contribution is -2.45. The van der Waals surface area contributed by atoms with Crippen LogP contribution in [0.3, 0.4) is 0 Å². The van der Waals surface area contributed by atoms with Gasteiger partial charge in [0.05, 0.1) is 10.6 Å². The maximum atomic E-state index is 12.8. The van der Waals surface area contributed by atoms with Crippen molar-refractivity contribution in [2.75, 3.05) is 12.4 Å². The summed E-state index contributed by atoms with van der Waals surface area (Å²) in [5, 5.41) is 9.88. The van der Waals surface area contributed by atoms with E-state index >= 15 is 0 Å². The Bertz CT molecular complexity index is 1020. The molecule has 0 radical (unpaired) electrons. The average Bonchev–Trinajstić information content (AvgIpc) is 3.09. The van der Waals surface area contributed by atoms with E-state index in [2.05, 4.69) is 31.5 Å². The summed E-state index contributed by atoms with van der Waals surface area (Å²) in [7, 11) is 1.59. The lowest BCUT2D eigenvalue weighted by Gasteiger charge is -2.17. The molecule has 0 atom stereocenters. The minimum atomic E-state index is -3.16. The molecule has 0 spiro atoms. The second-order valence-electron chi connectivity index (χ2n) is 6.12. The molecule has 0 saturated heterocycles. The van der Waals surface area contributed by atoms with Crippen LogP contribution in [0.1, 0.15) is 26.3 Å². The number of carbonyl (C=O) groups excluding carboxylic acids is 2. The summed E-state index contributed by atoms with van der Waals surface area (Å²) in [4.78, 5) is 25.3. The summed E-state index contributed by atoms with van der Waals surface area (Å²) < 4.78 is 30.1. The summed E-state index contributed by atoms with van der Waals surface area (Å²) >= 11 is 6.30. The number of rotatable bonds is 5. The Balaban J connectivity index is 1.94. The number of anilines is 1. The number of aryl methyl sites for hydroxylation is 1. The largest absolute Gasteiger partial charge is 0.433 e. The van der Waals surface area contributed by atoms with Crippen LogP contribution in [0.5, 0.6) is 5.75 Å². The van der Waals surface area contributed by atoms with Gasteiger partial charge in [0.25, 0.3) is 11.8 Å². The maximum absolute atomic E-state index is 12.8. The number of ether oxygens (including phenoxy) is 1. The summed E-state index contributed by atoms with van der Waals surface area (Å²) in [5.41, 5.74) is 5.69. The molecule has 30 heavy (non-hydrogen) atoms. The highest BCUT2D eigenvalue weighted by Crippen LogP contribution is 2.37. The molecule has 0 aromatic heterocycles. The van der Waals surface area contributed by atoms with Crippen molar-refractivity contribution in [3.05, 3.63) is 58.1 Å². The second kappa shape index (κ2) is 8.93. The van der Waals surface area contributed by atoms with Crippen LogP contribution in [0, 0.1) is 6.92 Å². The van der Waals surface area contributed by atoms with Crippen molar-refractivity contribution < 1.29 is 23.1 Å². The molecule has 2 aromatic carbocycles. The molecule has 3 rings (SSSR count).